The van der Waals surface area contributed by atoms with Crippen molar-refractivity contribution in [2.24, 2.45) is 5.73 Å². The maximum absolute atomic E-state index is 14.2. The number of nitrogens with two attached hydrogens (primary N) is 1. The average Bonchev–Trinajstić information content (AvgIpc) is 2.73. The summed E-state index contributed by atoms with van der Waals surface area (Å²) in [6.45, 7) is 1.23. The van der Waals surface area contributed by atoms with Crippen LogP contribution in [0.4, 0.5) is 4.39 Å². The molecule has 1 aliphatic heterocycles. The first kappa shape index (κ1) is 11.3. The fourth-order valence-corrected chi connectivity index (χ4v) is 2.37. The molecule has 0 aromatic rings. The molecule has 0 aromatic carbocycles. The Morgan fingerprint density at radius 2 is 2.07 bits per heavy atom. The zero-order valence-corrected chi connectivity index (χ0v) is 9.18. The van der Waals surface area contributed by atoms with Gasteiger partial charge in [-0.2, -0.15) is 0 Å². The van der Waals surface area contributed by atoms with Crippen LogP contribution in [0.25, 0.3) is 0 Å². The van der Waals surface area contributed by atoms with Gasteiger partial charge in [0, 0.05) is 19.2 Å². The van der Waals surface area contributed by atoms with Crippen molar-refractivity contribution in [3.8, 4) is 0 Å². The fourth-order valence-electron chi connectivity index (χ4n) is 2.37. The van der Waals surface area contributed by atoms with Crippen LogP contribution in [-0.4, -0.2) is 31.1 Å². The monoisotopic (exact) mass is 216 g/mol. The van der Waals surface area contributed by atoms with Crippen LogP contribution in [0.1, 0.15) is 38.5 Å². The first-order valence-electron chi connectivity index (χ1n) is 5.97. The van der Waals surface area contributed by atoms with E-state index in [0.29, 0.717) is 19.4 Å². The van der Waals surface area contributed by atoms with Crippen LogP contribution in [0.15, 0.2) is 0 Å². The third-order valence-corrected chi connectivity index (χ3v) is 3.50. The van der Waals surface area contributed by atoms with E-state index in [1.165, 1.54) is 0 Å². The van der Waals surface area contributed by atoms with Crippen molar-refractivity contribution >= 4 is 0 Å². The van der Waals surface area contributed by atoms with Gasteiger partial charge in [-0.05, 0) is 38.5 Å². The number of rotatable bonds is 3. The molecule has 1 atom stereocenters. The van der Waals surface area contributed by atoms with Gasteiger partial charge in [-0.15, -0.1) is 0 Å². The largest absolute Gasteiger partial charge is 0.363 e. The van der Waals surface area contributed by atoms with E-state index in [4.69, 9.17) is 10.5 Å². The van der Waals surface area contributed by atoms with Gasteiger partial charge in [-0.1, -0.05) is 0 Å². The minimum Gasteiger partial charge on any atom is -0.363 e. The van der Waals surface area contributed by atoms with Crippen molar-refractivity contribution in [1.82, 2.24) is 5.32 Å². The number of hydrogen-bond acceptors (Lipinski definition) is 3. The summed E-state index contributed by atoms with van der Waals surface area (Å²) >= 11 is 0. The first-order valence-corrected chi connectivity index (χ1v) is 5.97. The van der Waals surface area contributed by atoms with Gasteiger partial charge in [-0.3, -0.25) is 5.32 Å². The Morgan fingerprint density at radius 1 is 1.33 bits per heavy atom. The molecule has 4 heteroatoms. The summed E-state index contributed by atoms with van der Waals surface area (Å²) in [6.07, 6.45) is 4.97. The molecule has 1 aliphatic carbocycles. The quantitative estimate of drug-likeness (QED) is 0.748. The lowest BCUT2D eigenvalue weighted by molar-refractivity contribution is 0.0439. The highest BCUT2D eigenvalue weighted by Crippen LogP contribution is 2.31. The lowest BCUT2D eigenvalue weighted by Crippen LogP contribution is -2.45. The second-order valence-electron chi connectivity index (χ2n) is 4.87. The highest BCUT2D eigenvalue weighted by Gasteiger charge is 2.34. The first-order chi connectivity index (χ1) is 7.18. The Kier molecular flexibility index (Phi) is 3.59. The number of ether oxygens (including phenoxy) is 1. The van der Waals surface area contributed by atoms with Gasteiger partial charge in [-0.25, -0.2) is 4.39 Å². The molecule has 0 aromatic heterocycles. The Hall–Kier alpha value is -0.190. The van der Waals surface area contributed by atoms with Crippen molar-refractivity contribution in [3.63, 3.8) is 0 Å². The van der Waals surface area contributed by atoms with Crippen LogP contribution in [-0.2, 0) is 4.74 Å². The normalized spacial score (nSPS) is 42.0. The summed E-state index contributed by atoms with van der Waals surface area (Å²) in [4.78, 5) is 0. The Morgan fingerprint density at radius 3 is 2.67 bits per heavy atom. The second kappa shape index (κ2) is 4.76. The molecule has 0 radical (unpaired) electrons. The molecule has 0 spiro atoms. The average molecular weight is 216 g/mol. The Bertz CT molecular complexity index is 199. The van der Waals surface area contributed by atoms with Gasteiger partial charge in [0.2, 0.25) is 0 Å². The molecule has 1 unspecified atom stereocenters. The lowest BCUT2D eigenvalue weighted by atomic mass is 9.84. The Labute approximate surface area is 90.5 Å². The highest BCUT2D eigenvalue weighted by atomic mass is 19.1. The number of alkyl halides is 1. The van der Waals surface area contributed by atoms with Crippen molar-refractivity contribution in [1.29, 1.82) is 0 Å². The van der Waals surface area contributed by atoms with Gasteiger partial charge in [0.1, 0.15) is 11.9 Å². The molecule has 15 heavy (non-hydrogen) atoms. The molecule has 0 amide bonds. The van der Waals surface area contributed by atoms with Crippen molar-refractivity contribution in [2.75, 3.05) is 13.2 Å². The van der Waals surface area contributed by atoms with Crippen LogP contribution in [0.5, 0.6) is 0 Å². The summed E-state index contributed by atoms with van der Waals surface area (Å²) in [5, 5.41) is 3.17. The van der Waals surface area contributed by atoms with E-state index in [-0.39, 0.29) is 12.3 Å². The minimum atomic E-state index is -1.05. The van der Waals surface area contributed by atoms with E-state index in [1.54, 1.807) is 0 Å². The molecule has 2 fully saturated rings. The number of nitrogens with one attached hydrogen (secondary N) is 1. The maximum atomic E-state index is 14.2. The molecule has 1 saturated carbocycles. The molecular weight excluding hydrogens is 195 g/mol. The van der Waals surface area contributed by atoms with Crippen LogP contribution in [0, 0.1) is 0 Å². The summed E-state index contributed by atoms with van der Waals surface area (Å²) in [5.74, 6) is 0. The van der Waals surface area contributed by atoms with E-state index in [1.807, 2.05) is 0 Å². The van der Waals surface area contributed by atoms with E-state index in [0.717, 1.165) is 32.3 Å². The molecule has 3 N–H and O–H groups in total. The van der Waals surface area contributed by atoms with E-state index < -0.39 is 5.67 Å². The van der Waals surface area contributed by atoms with E-state index in [2.05, 4.69) is 5.32 Å². The topological polar surface area (TPSA) is 47.3 Å². The van der Waals surface area contributed by atoms with Gasteiger partial charge >= 0.3 is 0 Å². The Balaban J connectivity index is 1.72. The van der Waals surface area contributed by atoms with Crippen molar-refractivity contribution in [3.05, 3.63) is 0 Å². The highest BCUT2D eigenvalue weighted by molar-refractivity contribution is 4.89. The molecule has 1 saturated heterocycles. The van der Waals surface area contributed by atoms with Crippen LogP contribution in [0.3, 0.4) is 0 Å². The van der Waals surface area contributed by atoms with Crippen LogP contribution < -0.4 is 11.1 Å². The molecule has 88 valence electrons. The van der Waals surface area contributed by atoms with Crippen molar-refractivity contribution < 1.29 is 9.13 Å². The van der Waals surface area contributed by atoms with Gasteiger partial charge in [0.05, 0.1) is 0 Å². The van der Waals surface area contributed by atoms with Crippen LogP contribution >= 0.6 is 0 Å². The van der Waals surface area contributed by atoms with Gasteiger partial charge in [0.25, 0.3) is 0 Å². The van der Waals surface area contributed by atoms with Gasteiger partial charge in [0.15, 0.2) is 0 Å². The maximum Gasteiger partial charge on any atom is 0.123 e. The van der Waals surface area contributed by atoms with Crippen LogP contribution in [0.2, 0.25) is 0 Å². The predicted octanol–water partition coefficient (Wildman–Crippen LogP) is 1.32. The van der Waals surface area contributed by atoms with E-state index >= 15 is 0 Å². The lowest BCUT2D eigenvalue weighted by Gasteiger charge is -2.33. The van der Waals surface area contributed by atoms with E-state index in [9.17, 15) is 4.39 Å². The smallest absolute Gasteiger partial charge is 0.123 e. The van der Waals surface area contributed by atoms with Gasteiger partial charge < -0.3 is 10.5 Å². The summed E-state index contributed by atoms with van der Waals surface area (Å²) in [5.41, 5.74) is 4.71. The SMILES string of the molecule is NC1CCC(F)(CNC2CCCO2)CC1. The number of halogens is 1. The zero-order chi connectivity index (χ0) is 10.7. The molecule has 0 bridgehead atoms. The molecule has 3 nitrogen and oxygen atoms in total. The molecular formula is C11H21FN2O. The summed E-state index contributed by atoms with van der Waals surface area (Å²) in [6, 6.07) is 0.205. The predicted molar refractivity (Wildman–Crippen MR) is 57.3 cm³/mol. The third-order valence-electron chi connectivity index (χ3n) is 3.50. The summed E-state index contributed by atoms with van der Waals surface area (Å²) in [7, 11) is 0. The fraction of sp³-hybridized carbons (Fsp3) is 1.00. The number of hydrogen-bond donors (Lipinski definition) is 2. The molecule has 2 rings (SSSR count). The van der Waals surface area contributed by atoms with Crippen molar-refractivity contribution in [2.45, 2.75) is 56.5 Å². The standard InChI is InChI=1S/C11H21FN2O/c12-11(5-3-9(13)4-6-11)8-14-10-2-1-7-15-10/h9-10,14H,1-8,13H2. The minimum absolute atomic E-state index is 0.0771. The zero-order valence-electron chi connectivity index (χ0n) is 9.18. The molecule has 2 aliphatic rings. The molecule has 1 heterocycles. The summed E-state index contributed by atoms with van der Waals surface area (Å²) < 4.78 is 19.6. The second-order valence-corrected chi connectivity index (χ2v) is 4.87. The third kappa shape index (κ3) is 3.13.